The zero-order chi connectivity index (χ0) is 14.7. The highest BCUT2D eigenvalue weighted by Crippen LogP contribution is 2.49. The number of aromatic nitrogens is 1. The van der Waals surface area contributed by atoms with Gasteiger partial charge in [-0.05, 0) is 44.0 Å². The number of nitrogens with zero attached hydrogens (tertiary/aromatic N) is 1. The molecule has 21 heavy (non-hydrogen) atoms. The second-order valence-electron chi connectivity index (χ2n) is 6.18. The molecule has 1 aliphatic rings. The molecule has 1 aliphatic carbocycles. The molecule has 1 aromatic carbocycles. The molecule has 0 radical (unpaired) electrons. The van der Waals surface area contributed by atoms with E-state index in [1.165, 1.54) is 36.8 Å². The van der Waals surface area contributed by atoms with Crippen LogP contribution in [0.25, 0.3) is 0 Å². The fraction of sp³-hybridized carbons (Fsp3) is 0.421. The monoisotopic (exact) mass is 280 g/mol. The molecule has 1 unspecified atom stereocenters. The Hall–Kier alpha value is -1.67. The normalized spacial score (nSPS) is 18.6. The molecule has 1 atom stereocenters. The van der Waals surface area contributed by atoms with Gasteiger partial charge in [-0.15, -0.1) is 0 Å². The first-order valence-corrected chi connectivity index (χ1v) is 7.91. The Morgan fingerprint density at radius 1 is 1.05 bits per heavy atom. The SMILES string of the molecule is CNC(c1ccc(C)nc1)C1(c2ccccc2)CCCC1. The van der Waals surface area contributed by atoms with Crippen LogP contribution in [0, 0.1) is 6.92 Å². The van der Waals surface area contributed by atoms with Gasteiger partial charge in [-0.3, -0.25) is 4.98 Å². The second kappa shape index (κ2) is 5.98. The molecule has 0 amide bonds. The van der Waals surface area contributed by atoms with Crippen molar-refractivity contribution in [2.75, 3.05) is 7.05 Å². The van der Waals surface area contributed by atoms with Crippen molar-refractivity contribution in [3.63, 3.8) is 0 Å². The predicted octanol–water partition coefficient (Wildman–Crippen LogP) is 4.16. The zero-order valence-corrected chi connectivity index (χ0v) is 13.0. The van der Waals surface area contributed by atoms with Crippen molar-refractivity contribution < 1.29 is 0 Å². The van der Waals surface area contributed by atoms with Gasteiger partial charge in [-0.2, -0.15) is 0 Å². The third-order valence-corrected chi connectivity index (χ3v) is 4.95. The minimum Gasteiger partial charge on any atom is -0.312 e. The van der Waals surface area contributed by atoms with Gasteiger partial charge in [0.15, 0.2) is 0 Å². The topological polar surface area (TPSA) is 24.9 Å². The van der Waals surface area contributed by atoms with Gasteiger partial charge < -0.3 is 5.32 Å². The van der Waals surface area contributed by atoms with E-state index in [-0.39, 0.29) is 5.41 Å². The summed E-state index contributed by atoms with van der Waals surface area (Å²) in [4.78, 5) is 4.50. The van der Waals surface area contributed by atoms with Gasteiger partial charge in [0.25, 0.3) is 0 Å². The second-order valence-corrected chi connectivity index (χ2v) is 6.18. The number of nitrogens with one attached hydrogen (secondary N) is 1. The summed E-state index contributed by atoms with van der Waals surface area (Å²) in [5.41, 5.74) is 4.04. The summed E-state index contributed by atoms with van der Waals surface area (Å²) in [7, 11) is 2.08. The van der Waals surface area contributed by atoms with E-state index in [0.717, 1.165) is 5.69 Å². The van der Waals surface area contributed by atoms with Gasteiger partial charge in [0, 0.05) is 23.3 Å². The molecule has 0 aliphatic heterocycles. The smallest absolute Gasteiger partial charge is 0.0431 e. The Morgan fingerprint density at radius 3 is 2.33 bits per heavy atom. The van der Waals surface area contributed by atoms with Gasteiger partial charge >= 0.3 is 0 Å². The van der Waals surface area contributed by atoms with Gasteiger partial charge in [0.1, 0.15) is 0 Å². The number of hydrogen-bond acceptors (Lipinski definition) is 2. The van der Waals surface area contributed by atoms with E-state index in [0.29, 0.717) is 6.04 Å². The number of aryl methyl sites for hydroxylation is 1. The van der Waals surface area contributed by atoms with E-state index >= 15 is 0 Å². The molecule has 110 valence electrons. The Labute approximate surface area is 127 Å². The molecule has 0 saturated heterocycles. The first-order chi connectivity index (χ1) is 10.3. The van der Waals surface area contributed by atoms with Crippen LogP contribution in [0.4, 0.5) is 0 Å². The van der Waals surface area contributed by atoms with Crippen molar-refractivity contribution >= 4 is 0 Å². The molecule has 0 spiro atoms. The summed E-state index contributed by atoms with van der Waals surface area (Å²) < 4.78 is 0. The first kappa shape index (κ1) is 14.3. The van der Waals surface area contributed by atoms with E-state index in [1.807, 2.05) is 13.1 Å². The van der Waals surface area contributed by atoms with Crippen LogP contribution >= 0.6 is 0 Å². The first-order valence-electron chi connectivity index (χ1n) is 7.91. The highest BCUT2D eigenvalue weighted by Gasteiger charge is 2.42. The Balaban J connectivity index is 2.04. The van der Waals surface area contributed by atoms with E-state index in [1.54, 1.807) is 0 Å². The van der Waals surface area contributed by atoms with Crippen molar-refractivity contribution in [3.05, 3.63) is 65.5 Å². The highest BCUT2D eigenvalue weighted by atomic mass is 14.9. The number of rotatable bonds is 4. The van der Waals surface area contributed by atoms with Crippen molar-refractivity contribution in [1.82, 2.24) is 10.3 Å². The quantitative estimate of drug-likeness (QED) is 0.909. The summed E-state index contributed by atoms with van der Waals surface area (Å²) in [5, 5.41) is 3.58. The molecule has 2 nitrogen and oxygen atoms in total. The van der Waals surface area contributed by atoms with E-state index in [9.17, 15) is 0 Å². The molecule has 1 N–H and O–H groups in total. The van der Waals surface area contributed by atoms with Gasteiger partial charge in [0.2, 0.25) is 0 Å². The number of hydrogen-bond donors (Lipinski definition) is 1. The van der Waals surface area contributed by atoms with Crippen LogP contribution in [0.2, 0.25) is 0 Å². The Morgan fingerprint density at radius 2 is 1.76 bits per heavy atom. The van der Waals surface area contributed by atoms with Gasteiger partial charge in [0.05, 0.1) is 0 Å². The fourth-order valence-electron chi connectivity index (χ4n) is 3.93. The fourth-order valence-corrected chi connectivity index (χ4v) is 3.93. The Bertz CT molecular complexity index is 568. The maximum Gasteiger partial charge on any atom is 0.0431 e. The number of pyridine rings is 1. The van der Waals surface area contributed by atoms with Crippen LogP contribution in [0.3, 0.4) is 0 Å². The molecule has 1 saturated carbocycles. The predicted molar refractivity (Wildman–Crippen MR) is 87.4 cm³/mol. The van der Waals surface area contributed by atoms with Crippen LogP contribution in [-0.2, 0) is 5.41 Å². The van der Waals surface area contributed by atoms with Crippen molar-refractivity contribution in [2.24, 2.45) is 0 Å². The summed E-state index contributed by atoms with van der Waals surface area (Å²) in [6.45, 7) is 2.04. The van der Waals surface area contributed by atoms with E-state index < -0.39 is 0 Å². The third-order valence-electron chi connectivity index (χ3n) is 4.95. The maximum atomic E-state index is 4.50. The largest absolute Gasteiger partial charge is 0.312 e. The highest BCUT2D eigenvalue weighted by molar-refractivity contribution is 5.34. The van der Waals surface area contributed by atoms with Crippen LogP contribution in [0.15, 0.2) is 48.7 Å². The molecule has 2 aromatic rings. The summed E-state index contributed by atoms with van der Waals surface area (Å²) in [6, 6.07) is 15.7. The molecule has 0 bridgehead atoms. The van der Waals surface area contributed by atoms with Crippen molar-refractivity contribution in [3.8, 4) is 0 Å². The average molecular weight is 280 g/mol. The Kier molecular flexibility index (Phi) is 4.07. The molecule has 1 aromatic heterocycles. The average Bonchev–Trinajstić information content (AvgIpc) is 3.01. The maximum absolute atomic E-state index is 4.50. The zero-order valence-electron chi connectivity index (χ0n) is 13.0. The van der Waals surface area contributed by atoms with Gasteiger partial charge in [-0.25, -0.2) is 0 Å². The van der Waals surface area contributed by atoms with Crippen LogP contribution in [0.1, 0.15) is 48.5 Å². The lowest BCUT2D eigenvalue weighted by Crippen LogP contribution is -2.38. The summed E-state index contributed by atoms with van der Waals surface area (Å²) in [6.07, 6.45) is 7.16. The molecule has 2 heteroatoms. The van der Waals surface area contributed by atoms with Crippen LogP contribution in [-0.4, -0.2) is 12.0 Å². The molecular weight excluding hydrogens is 256 g/mol. The minimum absolute atomic E-state index is 0.201. The summed E-state index contributed by atoms with van der Waals surface area (Å²) >= 11 is 0. The molecular formula is C19H24N2. The van der Waals surface area contributed by atoms with Crippen molar-refractivity contribution in [2.45, 2.75) is 44.1 Å². The lowest BCUT2D eigenvalue weighted by atomic mass is 9.70. The van der Waals surface area contributed by atoms with Crippen LogP contribution < -0.4 is 5.32 Å². The van der Waals surface area contributed by atoms with E-state index in [4.69, 9.17) is 0 Å². The molecule has 1 fully saturated rings. The standard InChI is InChI=1S/C19H24N2/c1-15-10-11-16(14-21-15)18(20-2)19(12-6-7-13-19)17-8-4-3-5-9-17/h3-5,8-11,14,18,20H,6-7,12-13H2,1-2H3. The van der Waals surface area contributed by atoms with Crippen LogP contribution in [0.5, 0.6) is 0 Å². The number of likely N-dealkylation sites (N-methyl/N-ethyl adjacent to an activating group) is 1. The van der Waals surface area contributed by atoms with Crippen molar-refractivity contribution in [1.29, 1.82) is 0 Å². The van der Waals surface area contributed by atoms with Gasteiger partial charge in [-0.1, -0.05) is 49.2 Å². The molecule has 3 rings (SSSR count). The molecule has 1 heterocycles. The third kappa shape index (κ3) is 2.60. The minimum atomic E-state index is 0.201. The lowest BCUT2D eigenvalue weighted by molar-refractivity contribution is 0.315. The number of benzene rings is 1. The summed E-state index contributed by atoms with van der Waals surface area (Å²) in [5.74, 6) is 0. The van der Waals surface area contributed by atoms with E-state index in [2.05, 4.69) is 59.8 Å². The lowest BCUT2D eigenvalue weighted by Gasteiger charge is -2.38.